The molecule has 0 saturated carbocycles. The standard InChI is InChI=1S/C21H22N2O3/c24-16-8-15-22-21(26)19(14-7-11-17-9-3-1-4-10-17)23-20(25)18-12-5-2-6-13-18/h1-7,9-14,24H,8,15-16H2,(H,22,26)(H,23,25). The Labute approximate surface area is 153 Å². The average Bonchev–Trinajstić information content (AvgIpc) is 2.68. The minimum absolute atomic E-state index is 0.0103. The molecule has 5 heteroatoms. The zero-order valence-electron chi connectivity index (χ0n) is 14.4. The lowest BCUT2D eigenvalue weighted by atomic mass is 10.2. The number of hydrogen-bond donors (Lipinski definition) is 3. The largest absolute Gasteiger partial charge is 0.396 e. The van der Waals surface area contributed by atoms with Gasteiger partial charge in [-0.25, -0.2) is 0 Å². The quantitative estimate of drug-likeness (QED) is 0.389. The number of amides is 2. The second-order valence-electron chi connectivity index (χ2n) is 5.50. The number of carbonyl (C=O) groups is 2. The highest BCUT2D eigenvalue weighted by molar-refractivity contribution is 6.03. The molecule has 0 radical (unpaired) electrons. The molecule has 5 nitrogen and oxygen atoms in total. The van der Waals surface area contributed by atoms with Crippen LogP contribution in [-0.2, 0) is 4.79 Å². The topological polar surface area (TPSA) is 78.4 Å². The third-order valence-corrected chi connectivity index (χ3v) is 3.50. The van der Waals surface area contributed by atoms with Crippen LogP contribution in [0.5, 0.6) is 0 Å². The molecule has 0 saturated heterocycles. The van der Waals surface area contributed by atoms with Gasteiger partial charge in [-0.1, -0.05) is 60.7 Å². The molecule has 26 heavy (non-hydrogen) atoms. The van der Waals surface area contributed by atoms with E-state index in [0.29, 0.717) is 18.5 Å². The Hall–Kier alpha value is -3.18. The second kappa shape index (κ2) is 10.6. The number of rotatable bonds is 8. The molecule has 0 aromatic heterocycles. The molecule has 0 bridgehead atoms. The zero-order valence-corrected chi connectivity index (χ0v) is 14.4. The number of nitrogens with one attached hydrogen (secondary N) is 2. The molecule has 2 amide bonds. The first kappa shape index (κ1) is 19.1. The molecule has 0 spiro atoms. The van der Waals surface area contributed by atoms with Crippen molar-refractivity contribution in [1.82, 2.24) is 10.6 Å². The van der Waals surface area contributed by atoms with Gasteiger partial charge in [0.15, 0.2) is 0 Å². The van der Waals surface area contributed by atoms with E-state index < -0.39 is 5.91 Å². The molecule has 134 valence electrons. The molecular weight excluding hydrogens is 328 g/mol. The van der Waals surface area contributed by atoms with Crippen LogP contribution < -0.4 is 10.6 Å². The Morgan fingerprint density at radius 1 is 0.962 bits per heavy atom. The summed E-state index contributed by atoms with van der Waals surface area (Å²) >= 11 is 0. The molecule has 2 aromatic carbocycles. The summed E-state index contributed by atoms with van der Waals surface area (Å²) < 4.78 is 0. The van der Waals surface area contributed by atoms with E-state index in [4.69, 9.17) is 5.11 Å². The first-order chi connectivity index (χ1) is 12.7. The highest BCUT2D eigenvalue weighted by Crippen LogP contribution is 2.04. The van der Waals surface area contributed by atoms with Gasteiger partial charge < -0.3 is 15.7 Å². The van der Waals surface area contributed by atoms with Gasteiger partial charge in [-0.05, 0) is 30.2 Å². The zero-order chi connectivity index (χ0) is 18.6. The van der Waals surface area contributed by atoms with Gasteiger partial charge in [0.25, 0.3) is 11.8 Å². The number of benzene rings is 2. The molecule has 0 fully saturated rings. The maximum absolute atomic E-state index is 12.3. The predicted molar refractivity (Wildman–Crippen MR) is 102 cm³/mol. The van der Waals surface area contributed by atoms with Crippen molar-refractivity contribution in [2.75, 3.05) is 13.2 Å². The fourth-order valence-corrected chi connectivity index (χ4v) is 2.15. The monoisotopic (exact) mass is 350 g/mol. The van der Waals surface area contributed by atoms with Gasteiger partial charge in [-0.15, -0.1) is 0 Å². The van der Waals surface area contributed by atoms with E-state index in [2.05, 4.69) is 10.6 Å². The third-order valence-electron chi connectivity index (χ3n) is 3.50. The summed E-state index contributed by atoms with van der Waals surface area (Å²) in [5, 5.41) is 14.1. The Morgan fingerprint density at radius 3 is 2.27 bits per heavy atom. The molecule has 0 aliphatic carbocycles. The summed E-state index contributed by atoms with van der Waals surface area (Å²) in [5.41, 5.74) is 1.59. The van der Waals surface area contributed by atoms with Crippen LogP contribution in [0.1, 0.15) is 22.3 Å². The van der Waals surface area contributed by atoms with Crippen molar-refractivity contribution in [3.05, 3.63) is 89.6 Å². The molecule has 0 atom stereocenters. The SMILES string of the molecule is O=C(NCCCO)C(=CC=Cc1ccccc1)NC(=O)c1ccccc1. The van der Waals surface area contributed by atoms with E-state index in [1.807, 2.05) is 42.5 Å². The van der Waals surface area contributed by atoms with Gasteiger partial charge in [0.05, 0.1) is 0 Å². The fraction of sp³-hybridized carbons (Fsp3) is 0.143. The number of aliphatic hydroxyl groups excluding tert-OH is 1. The lowest BCUT2D eigenvalue weighted by Gasteiger charge is -2.10. The second-order valence-corrected chi connectivity index (χ2v) is 5.50. The van der Waals surface area contributed by atoms with Crippen molar-refractivity contribution in [2.24, 2.45) is 0 Å². The van der Waals surface area contributed by atoms with Crippen molar-refractivity contribution in [3.8, 4) is 0 Å². The van der Waals surface area contributed by atoms with Gasteiger partial charge in [0, 0.05) is 18.7 Å². The van der Waals surface area contributed by atoms with E-state index in [-0.39, 0.29) is 18.2 Å². The average molecular weight is 350 g/mol. The molecule has 2 rings (SSSR count). The highest BCUT2D eigenvalue weighted by Gasteiger charge is 2.13. The molecule has 0 aliphatic heterocycles. The molecule has 0 aliphatic rings. The predicted octanol–water partition coefficient (Wildman–Crippen LogP) is 2.51. The third kappa shape index (κ3) is 6.37. The smallest absolute Gasteiger partial charge is 0.267 e. The Kier molecular flexibility index (Phi) is 7.83. The minimum Gasteiger partial charge on any atom is -0.396 e. The summed E-state index contributed by atoms with van der Waals surface area (Å²) in [6, 6.07) is 18.3. The van der Waals surface area contributed by atoms with Crippen LogP contribution in [0.15, 0.2) is 78.5 Å². The van der Waals surface area contributed by atoms with Crippen molar-refractivity contribution in [2.45, 2.75) is 6.42 Å². The van der Waals surface area contributed by atoms with E-state index in [0.717, 1.165) is 5.56 Å². The normalized spacial score (nSPS) is 11.3. The number of hydrogen-bond acceptors (Lipinski definition) is 3. The van der Waals surface area contributed by atoms with Gasteiger partial charge in [-0.3, -0.25) is 9.59 Å². The summed E-state index contributed by atoms with van der Waals surface area (Å²) in [7, 11) is 0. The van der Waals surface area contributed by atoms with Crippen molar-refractivity contribution in [1.29, 1.82) is 0 Å². The maximum Gasteiger partial charge on any atom is 0.267 e. The number of carbonyl (C=O) groups excluding carboxylic acids is 2. The van der Waals surface area contributed by atoms with Crippen molar-refractivity contribution >= 4 is 17.9 Å². The Balaban J connectivity index is 2.12. The van der Waals surface area contributed by atoms with Crippen LogP contribution in [-0.4, -0.2) is 30.1 Å². The summed E-state index contributed by atoms with van der Waals surface area (Å²) in [6.45, 7) is 0.319. The number of allylic oxidation sites excluding steroid dienone is 2. The molecule has 0 heterocycles. The first-order valence-electron chi connectivity index (χ1n) is 8.39. The van der Waals surface area contributed by atoms with Crippen LogP contribution >= 0.6 is 0 Å². The van der Waals surface area contributed by atoms with Crippen molar-refractivity contribution in [3.63, 3.8) is 0 Å². The fourth-order valence-electron chi connectivity index (χ4n) is 2.15. The molecule has 2 aromatic rings. The highest BCUT2D eigenvalue weighted by atomic mass is 16.3. The van der Waals surface area contributed by atoms with Crippen LogP contribution in [0, 0.1) is 0 Å². The van der Waals surface area contributed by atoms with Crippen LogP contribution in [0.25, 0.3) is 6.08 Å². The molecule has 3 N–H and O–H groups in total. The van der Waals surface area contributed by atoms with E-state index in [9.17, 15) is 9.59 Å². The van der Waals surface area contributed by atoms with Gasteiger partial charge in [-0.2, -0.15) is 0 Å². The van der Waals surface area contributed by atoms with E-state index in [1.165, 1.54) is 0 Å². The van der Waals surface area contributed by atoms with Gasteiger partial charge in [0.1, 0.15) is 5.70 Å². The van der Waals surface area contributed by atoms with Gasteiger partial charge >= 0.3 is 0 Å². The lowest BCUT2D eigenvalue weighted by molar-refractivity contribution is -0.117. The van der Waals surface area contributed by atoms with Gasteiger partial charge in [0.2, 0.25) is 0 Å². The summed E-state index contributed by atoms with van der Waals surface area (Å²) in [6.07, 6.45) is 5.56. The summed E-state index contributed by atoms with van der Waals surface area (Å²) in [4.78, 5) is 24.6. The molecule has 0 unspecified atom stereocenters. The minimum atomic E-state index is -0.402. The maximum atomic E-state index is 12.3. The lowest BCUT2D eigenvalue weighted by Crippen LogP contribution is -2.35. The Morgan fingerprint density at radius 2 is 1.62 bits per heavy atom. The first-order valence-corrected chi connectivity index (χ1v) is 8.39. The van der Waals surface area contributed by atoms with Crippen LogP contribution in [0.4, 0.5) is 0 Å². The van der Waals surface area contributed by atoms with E-state index >= 15 is 0 Å². The number of aliphatic hydroxyl groups is 1. The van der Waals surface area contributed by atoms with Crippen molar-refractivity contribution < 1.29 is 14.7 Å². The Bertz CT molecular complexity index is 768. The van der Waals surface area contributed by atoms with Crippen LogP contribution in [0.2, 0.25) is 0 Å². The molecular formula is C21H22N2O3. The summed E-state index contributed by atoms with van der Waals surface area (Å²) in [5.74, 6) is -0.761. The van der Waals surface area contributed by atoms with Crippen LogP contribution in [0.3, 0.4) is 0 Å². The van der Waals surface area contributed by atoms with E-state index in [1.54, 1.807) is 36.4 Å².